The van der Waals surface area contributed by atoms with Gasteiger partial charge < -0.3 is 5.32 Å². The number of hydrogen-bond acceptors (Lipinski definition) is 2. The van der Waals surface area contributed by atoms with Crippen molar-refractivity contribution in [2.24, 2.45) is 5.92 Å². The first-order valence-electron chi connectivity index (χ1n) is 4.41. The van der Waals surface area contributed by atoms with Crippen LogP contribution in [-0.4, -0.2) is 17.9 Å². The second-order valence-corrected chi connectivity index (χ2v) is 3.75. The molecule has 0 aromatic rings. The maximum atomic E-state index is 11.4. The lowest BCUT2D eigenvalue weighted by molar-refractivity contribution is -0.123. The lowest BCUT2D eigenvalue weighted by Crippen LogP contribution is -2.36. The van der Waals surface area contributed by atoms with Crippen LogP contribution in [0.2, 0.25) is 0 Å². The number of carbonyl (C=O) groups is 1. The summed E-state index contributed by atoms with van der Waals surface area (Å²) in [6, 6.07) is 0.674. The van der Waals surface area contributed by atoms with E-state index in [2.05, 4.69) is 12.2 Å². The maximum Gasteiger partial charge on any atom is 0.152 e. The molecule has 0 amide bonds. The van der Waals surface area contributed by atoms with Gasteiger partial charge in [0.25, 0.3) is 0 Å². The van der Waals surface area contributed by atoms with E-state index in [4.69, 9.17) is 0 Å². The van der Waals surface area contributed by atoms with Gasteiger partial charge in [0.2, 0.25) is 0 Å². The number of rotatable bonds is 2. The molecule has 64 valence electrons. The Morgan fingerprint density at radius 2 is 2.09 bits per heavy atom. The van der Waals surface area contributed by atoms with E-state index in [0.717, 1.165) is 12.8 Å². The zero-order chi connectivity index (χ0) is 8.43. The highest BCUT2D eigenvalue weighted by Gasteiger charge is 2.27. The van der Waals surface area contributed by atoms with Gasteiger partial charge in [0.05, 0.1) is 6.04 Å². The van der Waals surface area contributed by atoms with Crippen LogP contribution < -0.4 is 5.32 Å². The molecule has 1 aliphatic heterocycles. The van der Waals surface area contributed by atoms with Gasteiger partial charge in [-0.15, -0.1) is 0 Å². The van der Waals surface area contributed by atoms with Crippen LogP contribution in [0.15, 0.2) is 0 Å². The van der Waals surface area contributed by atoms with Crippen molar-refractivity contribution in [3.63, 3.8) is 0 Å². The van der Waals surface area contributed by atoms with Crippen molar-refractivity contribution in [1.29, 1.82) is 0 Å². The highest BCUT2D eigenvalue weighted by molar-refractivity contribution is 5.86. The summed E-state index contributed by atoms with van der Waals surface area (Å²) in [5, 5.41) is 3.29. The van der Waals surface area contributed by atoms with Crippen molar-refractivity contribution in [3.8, 4) is 0 Å². The molecule has 0 radical (unpaired) electrons. The molecule has 2 nitrogen and oxygen atoms in total. The molecule has 0 bridgehead atoms. The Hall–Kier alpha value is -0.370. The first-order valence-corrected chi connectivity index (χ1v) is 4.41. The molecular weight excluding hydrogens is 138 g/mol. The summed E-state index contributed by atoms with van der Waals surface area (Å²) in [4.78, 5) is 11.4. The predicted molar refractivity (Wildman–Crippen MR) is 45.5 cm³/mol. The van der Waals surface area contributed by atoms with Gasteiger partial charge in [-0.1, -0.05) is 13.8 Å². The van der Waals surface area contributed by atoms with Crippen LogP contribution in [0, 0.1) is 5.92 Å². The summed E-state index contributed by atoms with van der Waals surface area (Å²) in [5.41, 5.74) is 0. The summed E-state index contributed by atoms with van der Waals surface area (Å²) in [7, 11) is 0. The number of hydrogen-bond donors (Lipinski definition) is 1. The summed E-state index contributed by atoms with van der Waals surface area (Å²) >= 11 is 0. The van der Waals surface area contributed by atoms with E-state index >= 15 is 0 Å². The molecule has 0 spiro atoms. The van der Waals surface area contributed by atoms with E-state index in [9.17, 15) is 4.79 Å². The van der Waals surface area contributed by atoms with Crippen molar-refractivity contribution >= 4 is 5.78 Å². The van der Waals surface area contributed by atoms with E-state index in [-0.39, 0.29) is 12.0 Å². The molecule has 1 saturated heterocycles. The maximum absolute atomic E-state index is 11.4. The van der Waals surface area contributed by atoms with Gasteiger partial charge >= 0.3 is 0 Å². The minimum absolute atomic E-state index is 0.144. The molecule has 0 aromatic carbocycles. The largest absolute Gasteiger partial charge is 0.305 e. The summed E-state index contributed by atoms with van der Waals surface area (Å²) in [5.74, 6) is 0.548. The Labute approximate surface area is 68.4 Å². The minimum Gasteiger partial charge on any atom is -0.305 e. The summed E-state index contributed by atoms with van der Waals surface area (Å²) in [6.07, 6.45) is 2.17. The lowest BCUT2D eigenvalue weighted by atomic mass is 10.0. The second-order valence-electron chi connectivity index (χ2n) is 3.75. The van der Waals surface area contributed by atoms with Crippen LogP contribution in [0.25, 0.3) is 0 Å². The Bertz CT molecular complexity index is 154. The van der Waals surface area contributed by atoms with Gasteiger partial charge in [0, 0.05) is 12.0 Å². The van der Waals surface area contributed by atoms with E-state index in [1.807, 2.05) is 13.8 Å². The van der Waals surface area contributed by atoms with Crippen LogP contribution in [0.5, 0.6) is 0 Å². The molecule has 11 heavy (non-hydrogen) atoms. The van der Waals surface area contributed by atoms with Crippen molar-refractivity contribution in [3.05, 3.63) is 0 Å². The Morgan fingerprint density at radius 1 is 1.45 bits per heavy atom. The highest BCUT2D eigenvalue weighted by Crippen LogP contribution is 2.15. The van der Waals surface area contributed by atoms with E-state index in [0.29, 0.717) is 11.8 Å². The van der Waals surface area contributed by atoms with E-state index in [1.165, 1.54) is 0 Å². The average molecular weight is 155 g/mol. The van der Waals surface area contributed by atoms with Crippen LogP contribution in [-0.2, 0) is 4.79 Å². The van der Waals surface area contributed by atoms with Gasteiger partial charge in [-0.3, -0.25) is 4.79 Å². The minimum atomic E-state index is 0.144. The third-order valence-corrected chi connectivity index (χ3v) is 2.29. The van der Waals surface area contributed by atoms with Crippen molar-refractivity contribution in [2.45, 2.75) is 45.7 Å². The Balaban J connectivity index is 2.43. The van der Waals surface area contributed by atoms with Crippen molar-refractivity contribution in [2.75, 3.05) is 0 Å². The normalized spacial score (nSPS) is 31.3. The quantitative estimate of drug-likeness (QED) is 0.652. The fourth-order valence-electron chi connectivity index (χ4n) is 1.55. The van der Waals surface area contributed by atoms with Gasteiger partial charge in [-0.25, -0.2) is 0 Å². The predicted octanol–water partition coefficient (Wildman–Crippen LogP) is 1.35. The van der Waals surface area contributed by atoms with E-state index in [1.54, 1.807) is 0 Å². The van der Waals surface area contributed by atoms with Gasteiger partial charge in [-0.2, -0.15) is 0 Å². The molecular formula is C9H17NO. The van der Waals surface area contributed by atoms with Gasteiger partial charge in [-0.05, 0) is 19.8 Å². The SMILES string of the molecule is CC1CCC(C(=O)C(C)C)N1. The van der Waals surface area contributed by atoms with Crippen molar-refractivity contribution in [1.82, 2.24) is 5.32 Å². The molecule has 1 fully saturated rings. The molecule has 1 rings (SSSR count). The molecule has 2 atom stereocenters. The molecule has 1 aliphatic rings. The number of Topliss-reactive ketones (excluding diaryl/α,β-unsaturated/α-hetero) is 1. The fraction of sp³-hybridized carbons (Fsp3) is 0.889. The first-order chi connectivity index (χ1) is 5.11. The second kappa shape index (κ2) is 3.35. The summed E-state index contributed by atoms with van der Waals surface area (Å²) in [6.45, 7) is 6.06. The zero-order valence-corrected chi connectivity index (χ0v) is 7.55. The monoisotopic (exact) mass is 155 g/mol. The third kappa shape index (κ3) is 2.03. The molecule has 2 unspecified atom stereocenters. The number of nitrogens with one attached hydrogen (secondary N) is 1. The molecule has 1 heterocycles. The number of carbonyl (C=O) groups excluding carboxylic acids is 1. The standard InChI is InChI=1S/C9H17NO/c1-6(2)9(11)8-5-4-7(3)10-8/h6-8,10H,4-5H2,1-3H3. The molecule has 0 aliphatic carbocycles. The zero-order valence-electron chi connectivity index (χ0n) is 7.55. The van der Waals surface area contributed by atoms with Crippen LogP contribution in [0.3, 0.4) is 0 Å². The Kier molecular flexibility index (Phi) is 2.66. The van der Waals surface area contributed by atoms with Crippen LogP contribution in [0.4, 0.5) is 0 Å². The number of ketones is 1. The van der Waals surface area contributed by atoms with Crippen molar-refractivity contribution < 1.29 is 4.79 Å². The molecule has 2 heteroatoms. The highest BCUT2D eigenvalue weighted by atomic mass is 16.1. The van der Waals surface area contributed by atoms with Gasteiger partial charge in [0.15, 0.2) is 5.78 Å². The molecule has 1 N–H and O–H groups in total. The third-order valence-electron chi connectivity index (χ3n) is 2.29. The van der Waals surface area contributed by atoms with Gasteiger partial charge in [0.1, 0.15) is 0 Å². The average Bonchev–Trinajstić information content (AvgIpc) is 2.34. The Morgan fingerprint density at radius 3 is 2.45 bits per heavy atom. The van der Waals surface area contributed by atoms with E-state index < -0.39 is 0 Å². The summed E-state index contributed by atoms with van der Waals surface area (Å²) < 4.78 is 0. The molecule has 0 saturated carbocycles. The van der Waals surface area contributed by atoms with Crippen LogP contribution in [0.1, 0.15) is 33.6 Å². The fourth-order valence-corrected chi connectivity index (χ4v) is 1.55. The van der Waals surface area contributed by atoms with Crippen LogP contribution >= 0.6 is 0 Å². The first kappa shape index (κ1) is 8.72. The topological polar surface area (TPSA) is 29.1 Å². The molecule has 0 aromatic heterocycles. The smallest absolute Gasteiger partial charge is 0.152 e. The lowest BCUT2D eigenvalue weighted by Gasteiger charge is -2.12.